The molecule has 1 unspecified atom stereocenters. The molecular weight excluding hydrogens is 158 g/mol. The van der Waals surface area contributed by atoms with Gasteiger partial charge in [-0.05, 0) is 0 Å². The number of rotatable bonds is 2. The fraction of sp³-hybridized carbons (Fsp3) is 0.400. The van der Waals surface area contributed by atoms with E-state index in [1.165, 1.54) is 11.3 Å². The van der Waals surface area contributed by atoms with Gasteiger partial charge in [0.25, 0.3) is 0 Å². The van der Waals surface area contributed by atoms with Crippen LogP contribution in [0, 0.1) is 0 Å². The number of nitrogens with zero attached hydrogens (tertiary/aromatic N) is 1. The lowest BCUT2D eigenvalue weighted by Gasteiger charge is -1.98. The van der Waals surface area contributed by atoms with Crippen LogP contribution in [0.3, 0.4) is 0 Å². The highest BCUT2D eigenvalue weighted by atomic mass is 35.5. The van der Waals surface area contributed by atoms with Crippen molar-refractivity contribution in [2.24, 2.45) is 0 Å². The Labute approximate surface area is 62.1 Å². The van der Waals surface area contributed by atoms with E-state index >= 15 is 0 Å². The molecule has 1 heterocycles. The van der Waals surface area contributed by atoms with E-state index in [0.29, 0.717) is 5.01 Å². The van der Waals surface area contributed by atoms with Gasteiger partial charge in [-0.25, -0.2) is 4.98 Å². The van der Waals surface area contributed by atoms with Crippen molar-refractivity contribution in [3.8, 4) is 0 Å². The van der Waals surface area contributed by atoms with Gasteiger partial charge in [-0.15, -0.1) is 22.9 Å². The Morgan fingerprint density at radius 3 is 3.11 bits per heavy atom. The van der Waals surface area contributed by atoms with E-state index < -0.39 is 6.10 Å². The molecule has 0 aliphatic heterocycles. The Kier molecular flexibility index (Phi) is 2.45. The second-order valence-electron chi connectivity index (χ2n) is 1.54. The summed E-state index contributed by atoms with van der Waals surface area (Å²) in [6.07, 6.45) is 1.06. The number of hydrogen-bond donors (Lipinski definition) is 1. The van der Waals surface area contributed by atoms with E-state index in [0.717, 1.165) is 0 Å². The molecule has 0 saturated heterocycles. The van der Waals surface area contributed by atoms with Crippen LogP contribution in [0.1, 0.15) is 11.1 Å². The molecule has 1 aromatic heterocycles. The topological polar surface area (TPSA) is 33.1 Å². The van der Waals surface area contributed by atoms with E-state index in [1.54, 1.807) is 6.20 Å². The summed E-state index contributed by atoms with van der Waals surface area (Å²) in [5.41, 5.74) is 0. The monoisotopic (exact) mass is 163 g/mol. The highest BCUT2D eigenvalue weighted by Crippen LogP contribution is 2.15. The predicted octanol–water partition coefficient (Wildman–Crippen LogP) is 1.42. The minimum atomic E-state index is -0.591. The SMILES string of the molecule is OC(CCl)c1nccs1. The van der Waals surface area contributed by atoms with Gasteiger partial charge < -0.3 is 5.11 Å². The molecular formula is C5H6ClNOS. The molecule has 0 bridgehead atoms. The van der Waals surface area contributed by atoms with Crippen molar-refractivity contribution in [3.05, 3.63) is 16.6 Å². The van der Waals surface area contributed by atoms with E-state index in [-0.39, 0.29) is 5.88 Å². The zero-order chi connectivity index (χ0) is 6.69. The fourth-order valence-corrected chi connectivity index (χ4v) is 1.33. The summed E-state index contributed by atoms with van der Waals surface area (Å²) in [5.74, 6) is 0.216. The van der Waals surface area contributed by atoms with E-state index in [2.05, 4.69) is 4.98 Å². The number of thiazole rings is 1. The van der Waals surface area contributed by atoms with Crippen molar-refractivity contribution in [2.45, 2.75) is 6.10 Å². The van der Waals surface area contributed by atoms with Gasteiger partial charge in [0.2, 0.25) is 0 Å². The fourth-order valence-electron chi connectivity index (χ4n) is 0.465. The molecule has 9 heavy (non-hydrogen) atoms. The van der Waals surface area contributed by atoms with Gasteiger partial charge >= 0.3 is 0 Å². The van der Waals surface area contributed by atoms with Crippen molar-refractivity contribution in [3.63, 3.8) is 0 Å². The van der Waals surface area contributed by atoms with Crippen molar-refractivity contribution in [1.82, 2.24) is 4.98 Å². The number of halogens is 1. The van der Waals surface area contributed by atoms with Crippen LogP contribution in [0.15, 0.2) is 11.6 Å². The molecule has 0 fully saturated rings. The van der Waals surface area contributed by atoms with Crippen LogP contribution in [0.25, 0.3) is 0 Å². The minimum Gasteiger partial charge on any atom is -0.385 e. The molecule has 1 atom stereocenters. The summed E-state index contributed by atoms with van der Waals surface area (Å²) in [4.78, 5) is 3.87. The average molecular weight is 164 g/mol. The molecule has 1 rings (SSSR count). The first-order valence-corrected chi connectivity index (χ1v) is 3.89. The predicted molar refractivity (Wildman–Crippen MR) is 37.8 cm³/mol. The minimum absolute atomic E-state index is 0.216. The van der Waals surface area contributed by atoms with Crippen LogP contribution < -0.4 is 0 Å². The van der Waals surface area contributed by atoms with Gasteiger partial charge in [0, 0.05) is 11.6 Å². The van der Waals surface area contributed by atoms with E-state index in [9.17, 15) is 0 Å². The number of aliphatic hydroxyl groups excluding tert-OH is 1. The molecule has 1 aromatic rings. The van der Waals surface area contributed by atoms with Gasteiger partial charge in [0.15, 0.2) is 0 Å². The summed E-state index contributed by atoms with van der Waals surface area (Å²) in [6.45, 7) is 0. The van der Waals surface area contributed by atoms with Crippen LogP contribution in [0.4, 0.5) is 0 Å². The number of alkyl halides is 1. The van der Waals surface area contributed by atoms with Crippen LogP contribution in [0.2, 0.25) is 0 Å². The van der Waals surface area contributed by atoms with Crippen LogP contribution in [0.5, 0.6) is 0 Å². The molecule has 0 spiro atoms. The molecule has 0 amide bonds. The summed E-state index contributed by atoms with van der Waals surface area (Å²) in [6, 6.07) is 0. The Bertz CT molecular complexity index is 165. The summed E-state index contributed by atoms with van der Waals surface area (Å²) in [7, 11) is 0. The standard InChI is InChI=1S/C5H6ClNOS/c6-3-4(8)5-7-1-2-9-5/h1-2,4,8H,3H2. The lowest BCUT2D eigenvalue weighted by molar-refractivity contribution is 0.202. The van der Waals surface area contributed by atoms with Crippen molar-refractivity contribution in [1.29, 1.82) is 0 Å². The zero-order valence-corrected chi connectivity index (χ0v) is 6.19. The van der Waals surface area contributed by atoms with Crippen molar-refractivity contribution in [2.75, 3.05) is 5.88 Å². The number of aromatic nitrogens is 1. The maximum Gasteiger partial charge on any atom is 0.122 e. The molecule has 0 aliphatic rings. The number of hydrogen-bond acceptors (Lipinski definition) is 3. The van der Waals surface area contributed by atoms with Gasteiger partial charge in [-0.3, -0.25) is 0 Å². The molecule has 0 aromatic carbocycles. The first-order valence-electron chi connectivity index (χ1n) is 2.48. The lowest BCUT2D eigenvalue weighted by Crippen LogP contribution is -1.96. The Hall–Kier alpha value is -0.120. The van der Waals surface area contributed by atoms with Gasteiger partial charge in [-0.2, -0.15) is 0 Å². The smallest absolute Gasteiger partial charge is 0.122 e. The third kappa shape index (κ3) is 1.64. The molecule has 0 saturated carbocycles. The molecule has 4 heteroatoms. The van der Waals surface area contributed by atoms with Crippen molar-refractivity contribution < 1.29 is 5.11 Å². The molecule has 2 nitrogen and oxygen atoms in total. The molecule has 0 aliphatic carbocycles. The van der Waals surface area contributed by atoms with Gasteiger partial charge in [0.1, 0.15) is 11.1 Å². The van der Waals surface area contributed by atoms with Crippen molar-refractivity contribution >= 4 is 22.9 Å². The first kappa shape index (κ1) is 6.99. The largest absolute Gasteiger partial charge is 0.385 e. The second-order valence-corrected chi connectivity index (χ2v) is 2.78. The highest BCUT2D eigenvalue weighted by molar-refractivity contribution is 7.09. The average Bonchev–Trinajstić information content (AvgIpc) is 2.37. The zero-order valence-electron chi connectivity index (χ0n) is 4.62. The Morgan fingerprint density at radius 2 is 2.67 bits per heavy atom. The Morgan fingerprint density at radius 1 is 1.89 bits per heavy atom. The first-order chi connectivity index (χ1) is 4.34. The van der Waals surface area contributed by atoms with E-state index in [4.69, 9.17) is 16.7 Å². The Balaban J connectivity index is 2.65. The maximum absolute atomic E-state index is 9.03. The molecule has 1 N–H and O–H groups in total. The van der Waals surface area contributed by atoms with E-state index in [1.807, 2.05) is 5.38 Å². The van der Waals surface area contributed by atoms with Crippen LogP contribution in [-0.2, 0) is 0 Å². The lowest BCUT2D eigenvalue weighted by atomic mass is 10.4. The second kappa shape index (κ2) is 3.15. The summed E-state index contributed by atoms with van der Waals surface area (Å²) in [5, 5.41) is 11.5. The van der Waals surface area contributed by atoms with Crippen LogP contribution in [-0.4, -0.2) is 16.0 Å². The van der Waals surface area contributed by atoms with Gasteiger partial charge in [0.05, 0.1) is 5.88 Å². The summed E-state index contributed by atoms with van der Waals surface area (Å²) >= 11 is 6.77. The third-order valence-corrected chi connectivity index (χ3v) is 2.05. The highest BCUT2D eigenvalue weighted by Gasteiger charge is 2.06. The van der Waals surface area contributed by atoms with Gasteiger partial charge in [-0.1, -0.05) is 0 Å². The molecule has 50 valence electrons. The quantitative estimate of drug-likeness (QED) is 0.669. The molecule has 0 radical (unpaired) electrons. The normalized spacial score (nSPS) is 13.6. The number of aliphatic hydroxyl groups is 1. The third-order valence-electron chi connectivity index (χ3n) is 0.883. The summed E-state index contributed by atoms with van der Waals surface area (Å²) < 4.78 is 0. The maximum atomic E-state index is 9.03. The van der Waals surface area contributed by atoms with Crippen LogP contribution >= 0.6 is 22.9 Å².